The van der Waals surface area contributed by atoms with Crippen LogP contribution in [-0.4, -0.2) is 28.4 Å². The van der Waals surface area contributed by atoms with Gasteiger partial charge in [-0.2, -0.15) is 0 Å². The number of aliphatic imine (C=N–C) groups is 1. The number of anilines is 2. The minimum absolute atomic E-state index is 0.00892. The van der Waals surface area contributed by atoms with Crippen molar-refractivity contribution >= 4 is 35.1 Å². The lowest BCUT2D eigenvalue weighted by Crippen LogP contribution is -2.38. The zero-order valence-electron chi connectivity index (χ0n) is 12.6. The number of rotatable bonds is 7. The fourth-order valence-corrected chi connectivity index (χ4v) is 1.87. The molecule has 1 amide bonds. The quantitative estimate of drug-likeness (QED) is 0.337. The SMILES string of the molecule is CCCCCCCN=C(N)NC(=O)c1nc(Cl)c(N)nc1N. The summed E-state index contributed by atoms with van der Waals surface area (Å²) in [6.07, 6.45) is 5.59. The molecule has 0 aliphatic carbocycles. The molecule has 0 spiro atoms. The smallest absolute Gasteiger partial charge is 0.280 e. The zero-order valence-corrected chi connectivity index (χ0v) is 13.4. The highest BCUT2D eigenvalue weighted by Gasteiger charge is 2.16. The van der Waals surface area contributed by atoms with E-state index < -0.39 is 5.91 Å². The van der Waals surface area contributed by atoms with E-state index in [4.69, 9.17) is 28.8 Å². The van der Waals surface area contributed by atoms with Crippen molar-refractivity contribution in [2.75, 3.05) is 18.0 Å². The van der Waals surface area contributed by atoms with Crippen LogP contribution in [0.1, 0.15) is 49.5 Å². The maximum Gasteiger partial charge on any atom is 0.280 e. The Kier molecular flexibility index (Phi) is 7.38. The molecule has 9 heteroatoms. The molecule has 0 aliphatic heterocycles. The van der Waals surface area contributed by atoms with Crippen LogP contribution in [-0.2, 0) is 0 Å². The molecule has 1 aromatic rings. The molecule has 1 rings (SSSR count). The second-order valence-electron chi connectivity index (χ2n) is 4.77. The topological polar surface area (TPSA) is 145 Å². The first-order chi connectivity index (χ1) is 10.5. The number of nitrogens with zero attached hydrogens (tertiary/aromatic N) is 3. The Labute approximate surface area is 134 Å². The molecule has 0 saturated heterocycles. The molecular weight excluding hydrogens is 306 g/mol. The molecule has 0 radical (unpaired) electrons. The number of guanidine groups is 1. The molecule has 0 atom stereocenters. The van der Waals surface area contributed by atoms with Gasteiger partial charge in [-0.05, 0) is 6.42 Å². The van der Waals surface area contributed by atoms with Crippen LogP contribution < -0.4 is 22.5 Å². The highest BCUT2D eigenvalue weighted by molar-refractivity contribution is 6.31. The van der Waals surface area contributed by atoms with Crippen LogP contribution in [0.2, 0.25) is 5.15 Å². The van der Waals surface area contributed by atoms with Gasteiger partial charge in [0.15, 0.2) is 28.4 Å². The van der Waals surface area contributed by atoms with Gasteiger partial charge in [-0.3, -0.25) is 15.1 Å². The maximum absolute atomic E-state index is 12.0. The molecule has 22 heavy (non-hydrogen) atoms. The number of hydrogen-bond acceptors (Lipinski definition) is 6. The molecule has 0 bridgehead atoms. The third-order valence-electron chi connectivity index (χ3n) is 2.91. The predicted octanol–water partition coefficient (Wildman–Crippen LogP) is 1.31. The van der Waals surface area contributed by atoms with Crippen LogP contribution in [0.25, 0.3) is 0 Å². The first kappa shape index (κ1) is 18.0. The van der Waals surface area contributed by atoms with Gasteiger partial charge in [-0.25, -0.2) is 9.97 Å². The first-order valence-corrected chi connectivity index (χ1v) is 7.53. The number of nitrogens with two attached hydrogens (primary N) is 3. The fraction of sp³-hybridized carbons (Fsp3) is 0.538. The Morgan fingerprint density at radius 2 is 1.86 bits per heavy atom. The van der Waals surface area contributed by atoms with E-state index in [1.807, 2.05) is 0 Å². The minimum Gasteiger partial charge on any atom is -0.382 e. The summed E-state index contributed by atoms with van der Waals surface area (Å²) in [7, 11) is 0. The van der Waals surface area contributed by atoms with Crippen molar-refractivity contribution in [3.05, 3.63) is 10.8 Å². The number of nitrogens with one attached hydrogen (secondary N) is 1. The average molecular weight is 328 g/mol. The summed E-state index contributed by atoms with van der Waals surface area (Å²) < 4.78 is 0. The van der Waals surface area contributed by atoms with Gasteiger partial charge in [0.2, 0.25) is 0 Å². The monoisotopic (exact) mass is 327 g/mol. The van der Waals surface area contributed by atoms with Gasteiger partial charge in [0.05, 0.1) is 0 Å². The summed E-state index contributed by atoms with van der Waals surface area (Å²) in [5.41, 5.74) is 16.5. The van der Waals surface area contributed by atoms with Gasteiger partial charge < -0.3 is 17.2 Å². The van der Waals surface area contributed by atoms with E-state index in [1.165, 1.54) is 19.3 Å². The molecule has 7 N–H and O–H groups in total. The van der Waals surface area contributed by atoms with Crippen molar-refractivity contribution in [1.82, 2.24) is 15.3 Å². The van der Waals surface area contributed by atoms with Gasteiger partial charge in [0.25, 0.3) is 5.91 Å². The molecule has 0 aromatic carbocycles. The Hall–Kier alpha value is -2.09. The third-order valence-corrected chi connectivity index (χ3v) is 3.18. The minimum atomic E-state index is -0.626. The lowest BCUT2D eigenvalue weighted by molar-refractivity contribution is 0.0972. The van der Waals surface area contributed by atoms with Crippen molar-refractivity contribution in [3.8, 4) is 0 Å². The van der Waals surface area contributed by atoms with Crippen molar-refractivity contribution in [3.63, 3.8) is 0 Å². The predicted molar refractivity (Wildman–Crippen MR) is 88.6 cm³/mol. The number of hydrogen-bond donors (Lipinski definition) is 4. The van der Waals surface area contributed by atoms with Gasteiger partial charge in [-0.1, -0.05) is 44.2 Å². The van der Waals surface area contributed by atoms with Crippen molar-refractivity contribution < 1.29 is 4.79 Å². The summed E-state index contributed by atoms with van der Waals surface area (Å²) in [4.78, 5) is 23.5. The largest absolute Gasteiger partial charge is 0.382 e. The van der Waals surface area contributed by atoms with Crippen LogP contribution in [0.3, 0.4) is 0 Å². The highest BCUT2D eigenvalue weighted by atomic mass is 35.5. The maximum atomic E-state index is 12.0. The van der Waals surface area contributed by atoms with Crippen molar-refractivity contribution in [1.29, 1.82) is 0 Å². The number of amides is 1. The summed E-state index contributed by atoms with van der Waals surface area (Å²) >= 11 is 5.71. The van der Waals surface area contributed by atoms with Crippen molar-refractivity contribution in [2.45, 2.75) is 39.0 Å². The molecular formula is C13H22ClN7O. The molecule has 122 valence electrons. The Bertz CT molecular complexity index is 547. The summed E-state index contributed by atoms with van der Waals surface area (Å²) in [5.74, 6) is -0.773. The summed E-state index contributed by atoms with van der Waals surface area (Å²) in [5, 5.41) is 2.30. The van der Waals surface area contributed by atoms with Crippen LogP contribution in [0.5, 0.6) is 0 Å². The average Bonchev–Trinajstić information content (AvgIpc) is 2.46. The van der Waals surface area contributed by atoms with Crippen LogP contribution in [0.15, 0.2) is 4.99 Å². The summed E-state index contributed by atoms with van der Waals surface area (Å²) in [6, 6.07) is 0. The molecule has 0 unspecified atom stereocenters. The van der Waals surface area contributed by atoms with E-state index in [0.717, 1.165) is 12.8 Å². The lowest BCUT2D eigenvalue weighted by atomic mass is 10.2. The van der Waals surface area contributed by atoms with Gasteiger partial charge in [0, 0.05) is 6.54 Å². The van der Waals surface area contributed by atoms with Crippen LogP contribution >= 0.6 is 11.6 Å². The molecule has 0 saturated carbocycles. The first-order valence-electron chi connectivity index (χ1n) is 7.15. The second kappa shape index (κ2) is 9.04. The van der Waals surface area contributed by atoms with E-state index in [2.05, 4.69) is 27.2 Å². The van der Waals surface area contributed by atoms with E-state index in [9.17, 15) is 4.79 Å². The van der Waals surface area contributed by atoms with Gasteiger partial charge >= 0.3 is 0 Å². The highest BCUT2D eigenvalue weighted by Crippen LogP contribution is 2.17. The molecule has 1 heterocycles. The van der Waals surface area contributed by atoms with Crippen LogP contribution in [0.4, 0.5) is 11.6 Å². The normalized spacial score (nSPS) is 11.5. The number of aromatic nitrogens is 2. The molecule has 8 nitrogen and oxygen atoms in total. The van der Waals surface area contributed by atoms with Gasteiger partial charge in [-0.15, -0.1) is 0 Å². The Balaban J connectivity index is 2.52. The standard InChI is InChI=1S/C13H22ClN7O/c1-2-3-4-5-6-7-18-13(17)21-12(22)8-10(15)20-11(16)9(14)19-8/h2-7H2,1H3,(H4,15,16,20)(H3,17,18,21,22). The zero-order chi connectivity index (χ0) is 16.5. The van der Waals surface area contributed by atoms with Crippen molar-refractivity contribution in [2.24, 2.45) is 10.7 Å². The Morgan fingerprint density at radius 3 is 2.55 bits per heavy atom. The molecule has 0 aliphatic rings. The summed E-state index contributed by atoms with van der Waals surface area (Å²) in [6.45, 7) is 2.71. The second-order valence-corrected chi connectivity index (χ2v) is 5.13. The molecule has 0 fully saturated rings. The van der Waals surface area contributed by atoms with Gasteiger partial charge in [0.1, 0.15) is 0 Å². The lowest BCUT2D eigenvalue weighted by Gasteiger charge is -2.07. The van der Waals surface area contributed by atoms with E-state index in [-0.39, 0.29) is 28.4 Å². The third kappa shape index (κ3) is 5.72. The fourth-order valence-electron chi connectivity index (χ4n) is 1.74. The van der Waals surface area contributed by atoms with E-state index in [1.54, 1.807) is 0 Å². The molecule has 1 aromatic heterocycles. The number of unbranched alkanes of at least 4 members (excludes halogenated alkanes) is 4. The van der Waals surface area contributed by atoms with E-state index in [0.29, 0.717) is 6.54 Å². The van der Waals surface area contributed by atoms with Crippen LogP contribution in [0, 0.1) is 0 Å². The number of carbonyl (C=O) groups excluding carboxylic acids is 1. The number of nitrogen functional groups attached to an aromatic ring is 2. The van der Waals surface area contributed by atoms with E-state index >= 15 is 0 Å². The number of carbonyl (C=O) groups is 1. The number of halogens is 1. The Morgan fingerprint density at radius 1 is 1.18 bits per heavy atom.